The summed E-state index contributed by atoms with van der Waals surface area (Å²) in [4.78, 5) is 12.8. The van der Waals surface area contributed by atoms with E-state index in [1.165, 1.54) is 25.7 Å². The van der Waals surface area contributed by atoms with Gasteiger partial charge in [-0.1, -0.05) is 74.7 Å². The number of Topliss-reactive ketones (excluding diaryl/α,β-unsaturated/α-hetero) is 1. The molecule has 0 aliphatic carbocycles. The first-order chi connectivity index (χ1) is 9.09. The summed E-state index contributed by atoms with van der Waals surface area (Å²) >= 11 is 0. The summed E-state index contributed by atoms with van der Waals surface area (Å²) in [7, 11) is 0. The predicted molar refractivity (Wildman–Crippen MR) is 89.9 cm³/mol. The van der Waals surface area contributed by atoms with Crippen molar-refractivity contribution in [2.24, 2.45) is 29.1 Å². The molecule has 0 unspecified atom stereocenters. The highest BCUT2D eigenvalue weighted by molar-refractivity contribution is 5.82. The molecule has 0 aliphatic heterocycles. The van der Waals surface area contributed by atoms with Gasteiger partial charge >= 0.3 is 0 Å². The number of rotatable bonds is 9. The zero-order valence-corrected chi connectivity index (χ0v) is 15.3. The first kappa shape index (κ1) is 19.7. The molecule has 2 atom stereocenters. The highest BCUT2D eigenvalue weighted by Gasteiger charge is 2.34. The molecule has 20 heavy (non-hydrogen) atoms. The largest absolute Gasteiger partial charge is 0.299 e. The zero-order chi connectivity index (χ0) is 15.9. The highest BCUT2D eigenvalue weighted by atomic mass is 16.1. The molecule has 0 N–H and O–H groups in total. The Hall–Kier alpha value is -0.330. The van der Waals surface area contributed by atoms with Gasteiger partial charge in [0.2, 0.25) is 0 Å². The maximum atomic E-state index is 12.8. The van der Waals surface area contributed by atoms with E-state index < -0.39 is 0 Å². The third-order valence-electron chi connectivity index (χ3n) is 4.21. The van der Waals surface area contributed by atoms with Crippen molar-refractivity contribution in [3.63, 3.8) is 0 Å². The molecule has 0 amide bonds. The SMILES string of the molecule is CCCC[C@H](CC(=O)[C@@H](C(C)C)C(C)(C)C)CC(C)C. The van der Waals surface area contributed by atoms with Gasteiger partial charge in [0.15, 0.2) is 0 Å². The van der Waals surface area contributed by atoms with Gasteiger partial charge in [0, 0.05) is 12.3 Å². The van der Waals surface area contributed by atoms with Crippen molar-refractivity contribution in [1.29, 1.82) is 0 Å². The third-order valence-corrected chi connectivity index (χ3v) is 4.21. The molecule has 0 saturated carbocycles. The number of carbonyl (C=O) groups is 1. The summed E-state index contributed by atoms with van der Waals surface area (Å²) in [6.45, 7) is 17.8. The number of carbonyl (C=O) groups excluding carboxylic acids is 1. The van der Waals surface area contributed by atoms with Crippen molar-refractivity contribution in [3.05, 3.63) is 0 Å². The first-order valence-electron chi connectivity index (χ1n) is 8.62. The molecule has 0 aromatic rings. The Balaban J connectivity index is 4.77. The van der Waals surface area contributed by atoms with Crippen LogP contribution in [0.4, 0.5) is 0 Å². The monoisotopic (exact) mass is 282 g/mol. The lowest BCUT2D eigenvalue weighted by molar-refractivity contribution is -0.129. The molecule has 0 saturated heterocycles. The smallest absolute Gasteiger partial charge is 0.137 e. The number of hydrogen-bond acceptors (Lipinski definition) is 1. The molecule has 0 fully saturated rings. The van der Waals surface area contributed by atoms with Crippen LogP contribution >= 0.6 is 0 Å². The predicted octanol–water partition coefficient (Wildman–Crippen LogP) is 6.12. The van der Waals surface area contributed by atoms with E-state index in [9.17, 15) is 4.79 Å². The van der Waals surface area contributed by atoms with E-state index in [1.54, 1.807) is 0 Å². The Morgan fingerprint density at radius 2 is 1.60 bits per heavy atom. The standard InChI is InChI=1S/C19H38O/c1-9-10-11-16(12-14(2)3)13-17(20)18(15(4)5)19(6,7)8/h14-16,18H,9-13H2,1-8H3/t16-,18+/m0/s1. The van der Waals surface area contributed by atoms with E-state index in [0.29, 0.717) is 23.5 Å². The summed E-state index contributed by atoms with van der Waals surface area (Å²) in [6.07, 6.45) is 5.69. The summed E-state index contributed by atoms with van der Waals surface area (Å²) < 4.78 is 0. The van der Waals surface area contributed by atoms with E-state index in [4.69, 9.17) is 0 Å². The Morgan fingerprint density at radius 1 is 1.05 bits per heavy atom. The van der Waals surface area contributed by atoms with Crippen molar-refractivity contribution in [2.45, 2.75) is 87.5 Å². The molecule has 0 rings (SSSR count). The lowest BCUT2D eigenvalue weighted by Crippen LogP contribution is -2.34. The van der Waals surface area contributed by atoms with Crippen LogP contribution in [0, 0.1) is 29.1 Å². The molecule has 0 aromatic heterocycles. The lowest BCUT2D eigenvalue weighted by Gasteiger charge is -2.34. The van der Waals surface area contributed by atoms with Crippen LogP contribution in [0.15, 0.2) is 0 Å². The summed E-state index contributed by atoms with van der Waals surface area (Å²) in [5.74, 6) is 2.41. The minimum absolute atomic E-state index is 0.0817. The maximum Gasteiger partial charge on any atom is 0.137 e. The average molecular weight is 283 g/mol. The second kappa shape index (κ2) is 8.85. The molecule has 0 aromatic carbocycles. The molecule has 1 heteroatoms. The minimum Gasteiger partial charge on any atom is -0.299 e. The van der Waals surface area contributed by atoms with Crippen molar-refractivity contribution < 1.29 is 4.79 Å². The quantitative estimate of drug-likeness (QED) is 0.498. The number of hydrogen-bond donors (Lipinski definition) is 0. The molecular formula is C19H38O. The minimum atomic E-state index is 0.0817. The third kappa shape index (κ3) is 7.45. The topological polar surface area (TPSA) is 17.1 Å². The van der Waals surface area contributed by atoms with Gasteiger partial charge in [-0.25, -0.2) is 0 Å². The Kier molecular flexibility index (Phi) is 8.70. The van der Waals surface area contributed by atoms with Crippen molar-refractivity contribution >= 4 is 5.78 Å². The van der Waals surface area contributed by atoms with Gasteiger partial charge in [-0.2, -0.15) is 0 Å². The summed E-state index contributed by atoms with van der Waals surface area (Å²) in [5, 5.41) is 0. The number of ketones is 1. The molecule has 0 spiro atoms. The molecule has 0 aliphatic rings. The van der Waals surface area contributed by atoms with Crippen molar-refractivity contribution in [3.8, 4) is 0 Å². The molecule has 0 radical (unpaired) electrons. The van der Waals surface area contributed by atoms with E-state index in [-0.39, 0.29) is 11.3 Å². The zero-order valence-electron chi connectivity index (χ0n) is 15.3. The van der Waals surface area contributed by atoms with Gasteiger partial charge in [0.25, 0.3) is 0 Å². The van der Waals surface area contributed by atoms with Crippen LogP contribution in [0.5, 0.6) is 0 Å². The normalized spacial score (nSPS) is 15.7. The van der Waals surface area contributed by atoms with Gasteiger partial charge in [-0.15, -0.1) is 0 Å². The Labute approximate surface area is 127 Å². The van der Waals surface area contributed by atoms with E-state index in [2.05, 4.69) is 55.4 Å². The van der Waals surface area contributed by atoms with Crippen molar-refractivity contribution in [1.82, 2.24) is 0 Å². The Bertz CT molecular complexity index is 270. The molecular weight excluding hydrogens is 244 g/mol. The van der Waals surface area contributed by atoms with Gasteiger partial charge in [0.05, 0.1) is 0 Å². The highest BCUT2D eigenvalue weighted by Crippen LogP contribution is 2.35. The lowest BCUT2D eigenvalue weighted by atomic mass is 9.70. The second-order valence-corrected chi connectivity index (χ2v) is 8.40. The van der Waals surface area contributed by atoms with Gasteiger partial charge in [-0.3, -0.25) is 4.79 Å². The molecule has 1 nitrogen and oxygen atoms in total. The average Bonchev–Trinajstić information content (AvgIpc) is 2.22. The fourth-order valence-corrected chi connectivity index (χ4v) is 3.73. The van der Waals surface area contributed by atoms with E-state index >= 15 is 0 Å². The molecule has 120 valence electrons. The Morgan fingerprint density at radius 3 is 1.95 bits per heavy atom. The second-order valence-electron chi connectivity index (χ2n) is 8.40. The van der Waals surface area contributed by atoms with E-state index in [0.717, 1.165) is 6.42 Å². The van der Waals surface area contributed by atoms with Gasteiger partial charge < -0.3 is 0 Å². The van der Waals surface area contributed by atoms with Crippen LogP contribution in [0.25, 0.3) is 0 Å². The maximum absolute atomic E-state index is 12.8. The van der Waals surface area contributed by atoms with Crippen LogP contribution in [-0.2, 0) is 4.79 Å². The van der Waals surface area contributed by atoms with Crippen LogP contribution in [0.1, 0.15) is 87.5 Å². The first-order valence-corrected chi connectivity index (χ1v) is 8.62. The van der Waals surface area contributed by atoms with Crippen LogP contribution in [-0.4, -0.2) is 5.78 Å². The van der Waals surface area contributed by atoms with E-state index in [1.807, 2.05) is 0 Å². The van der Waals surface area contributed by atoms with Crippen molar-refractivity contribution in [2.75, 3.05) is 0 Å². The summed E-state index contributed by atoms with van der Waals surface area (Å²) in [5.41, 5.74) is 0.0817. The molecule has 0 bridgehead atoms. The molecule has 0 heterocycles. The van der Waals surface area contributed by atoms with Gasteiger partial charge in [0.1, 0.15) is 5.78 Å². The summed E-state index contributed by atoms with van der Waals surface area (Å²) in [6, 6.07) is 0. The fraction of sp³-hybridized carbons (Fsp3) is 0.947. The fourth-order valence-electron chi connectivity index (χ4n) is 3.73. The van der Waals surface area contributed by atoms with Crippen LogP contribution in [0.3, 0.4) is 0 Å². The van der Waals surface area contributed by atoms with Crippen LogP contribution in [0.2, 0.25) is 0 Å². The number of unbranched alkanes of at least 4 members (excludes halogenated alkanes) is 1. The van der Waals surface area contributed by atoms with Crippen LogP contribution < -0.4 is 0 Å². The van der Waals surface area contributed by atoms with Gasteiger partial charge in [-0.05, 0) is 29.6 Å².